The fraction of sp³-hybridized carbons (Fsp3) is 1.00. The van der Waals surface area contributed by atoms with Crippen LogP contribution in [-0.2, 0) is 4.74 Å². The van der Waals surface area contributed by atoms with E-state index in [2.05, 4.69) is 13.8 Å². The van der Waals surface area contributed by atoms with E-state index in [4.69, 9.17) is 4.74 Å². The maximum atomic E-state index is 5.80. The molecule has 0 saturated carbocycles. The van der Waals surface area contributed by atoms with Gasteiger partial charge in [-0.1, -0.05) is 149 Å². The third kappa shape index (κ3) is 26.0. The highest BCUT2D eigenvalue weighted by Gasteiger charge is 1.95. The maximum Gasteiger partial charge on any atom is 0.0466 e. The van der Waals surface area contributed by atoms with Crippen LogP contribution in [0.15, 0.2) is 0 Å². The van der Waals surface area contributed by atoms with Gasteiger partial charge in [0.2, 0.25) is 0 Å². The molecule has 0 bridgehead atoms. The summed E-state index contributed by atoms with van der Waals surface area (Å²) in [5, 5.41) is 0. The maximum absolute atomic E-state index is 5.80. The third-order valence-corrected chi connectivity index (χ3v) is 6.03. The van der Waals surface area contributed by atoms with E-state index >= 15 is 0 Å². The van der Waals surface area contributed by atoms with E-state index in [0.29, 0.717) is 0 Å². The van der Waals surface area contributed by atoms with Crippen LogP contribution in [0.25, 0.3) is 0 Å². The van der Waals surface area contributed by atoms with Gasteiger partial charge in [-0.3, -0.25) is 0 Å². The molecule has 0 aliphatic rings. The van der Waals surface area contributed by atoms with Gasteiger partial charge in [-0.05, 0) is 12.8 Å². The molecular formula is C27H56O. The summed E-state index contributed by atoms with van der Waals surface area (Å²) in [6.07, 6.45) is 32.6. The summed E-state index contributed by atoms with van der Waals surface area (Å²) in [7, 11) is 0. The summed E-state index contributed by atoms with van der Waals surface area (Å²) in [4.78, 5) is 0. The van der Waals surface area contributed by atoms with Gasteiger partial charge in [0.1, 0.15) is 0 Å². The normalized spacial score (nSPS) is 11.4. The van der Waals surface area contributed by atoms with Crippen molar-refractivity contribution >= 4 is 0 Å². The molecule has 0 radical (unpaired) electrons. The molecule has 28 heavy (non-hydrogen) atoms. The van der Waals surface area contributed by atoms with Crippen LogP contribution in [-0.4, -0.2) is 13.2 Å². The molecular weight excluding hydrogens is 340 g/mol. The first kappa shape index (κ1) is 28.0. The molecule has 0 aromatic heterocycles. The van der Waals surface area contributed by atoms with Gasteiger partial charge in [0.25, 0.3) is 0 Å². The van der Waals surface area contributed by atoms with Crippen molar-refractivity contribution < 1.29 is 4.74 Å². The summed E-state index contributed by atoms with van der Waals surface area (Å²) in [6, 6.07) is 0. The Morgan fingerprint density at radius 1 is 0.286 bits per heavy atom. The van der Waals surface area contributed by atoms with E-state index < -0.39 is 0 Å². The third-order valence-electron chi connectivity index (χ3n) is 6.03. The van der Waals surface area contributed by atoms with E-state index in [0.717, 1.165) is 13.2 Å². The molecule has 0 aromatic rings. The Kier molecular flexibility index (Phi) is 26.9. The van der Waals surface area contributed by atoms with Crippen LogP contribution in [0.5, 0.6) is 0 Å². The highest BCUT2D eigenvalue weighted by atomic mass is 16.5. The van der Waals surface area contributed by atoms with E-state index in [-0.39, 0.29) is 0 Å². The number of ether oxygens (including phenoxy) is 1. The second kappa shape index (κ2) is 27.0. The van der Waals surface area contributed by atoms with Crippen LogP contribution in [0.4, 0.5) is 0 Å². The van der Waals surface area contributed by atoms with Gasteiger partial charge < -0.3 is 4.74 Å². The first-order chi connectivity index (χ1) is 13.9. The van der Waals surface area contributed by atoms with Crippen molar-refractivity contribution in [1.29, 1.82) is 0 Å². The van der Waals surface area contributed by atoms with E-state index in [9.17, 15) is 0 Å². The molecule has 0 atom stereocenters. The average molecular weight is 397 g/mol. The lowest BCUT2D eigenvalue weighted by Gasteiger charge is -2.05. The van der Waals surface area contributed by atoms with Gasteiger partial charge in [0.05, 0.1) is 0 Å². The zero-order valence-electron chi connectivity index (χ0n) is 20.1. The minimum absolute atomic E-state index is 0.994. The fourth-order valence-electron chi connectivity index (χ4n) is 4.02. The molecule has 0 saturated heterocycles. The summed E-state index contributed by atoms with van der Waals surface area (Å²) in [5.74, 6) is 0. The first-order valence-corrected chi connectivity index (χ1v) is 13.5. The molecule has 0 fully saturated rings. The molecule has 0 aliphatic heterocycles. The van der Waals surface area contributed by atoms with Crippen molar-refractivity contribution in [3.05, 3.63) is 0 Å². The van der Waals surface area contributed by atoms with Gasteiger partial charge in [0.15, 0.2) is 0 Å². The van der Waals surface area contributed by atoms with Crippen LogP contribution >= 0.6 is 0 Å². The molecule has 1 nitrogen and oxygen atoms in total. The highest BCUT2D eigenvalue weighted by molar-refractivity contribution is 4.50. The Balaban J connectivity index is 2.96. The van der Waals surface area contributed by atoms with Crippen molar-refractivity contribution in [2.24, 2.45) is 0 Å². The van der Waals surface area contributed by atoms with Crippen molar-refractivity contribution in [1.82, 2.24) is 0 Å². The molecule has 0 rings (SSSR count). The van der Waals surface area contributed by atoms with Crippen molar-refractivity contribution in [2.45, 2.75) is 162 Å². The van der Waals surface area contributed by atoms with Gasteiger partial charge in [-0.15, -0.1) is 0 Å². The molecule has 0 aliphatic carbocycles. The lowest BCUT2D eigenvalue weighted by molar-refractivity contribution is 0.125. The van der Waals surface area contributed by atoms with Crippen molar-refractivity contribution in [3.63, 3.8) is 0 Å². The topological polar surface area (TPSA) is 9.23 Å². The van der Waals surface area contributed by atoms with Crippen LogP contribution in [0.1, 0.15) is 162 Å². The van der Waals surface area contributed by atoms with Crippen LogP contribution in [0, 0.1) is 0 Å². The van der Waals surface area contributed by atoms with E-state index in [1.807, 2.05) is 0 Å². The predicted octanol–water partition coefficient (Wildman–Crippen LogP) is 10.0. The molecule has 1 heteroatoms. The fourth-order valence-corrected chi connectivity index (χ4v) is 4.02. The highest BCUT2D eigenvalue weighted by Crippen LogP contribution is 2.13. The summed E-state index contributed by atoms with van der Waals surface area (Å²) in [6.45, 7) is 6.58. The lowest BCUT2D eigenvalue weighted by Crippen LogP contribution is -1.97. The van der Waals surface area contributed by atoms with Crippen LogP contribution < -0.4 is 0 Å². The second-order valence-electron chi connectivity index (χ2n) is 9.04. The molecule has 170 valence electrons. The smallest absolute Gasteiger partial charge is 0.0466 e. The average Bonchev–Trinajstić information content (AvgIpc) is 2.71. The number of unbranched alkanes of at least 4 members (excludes halogenated alkanes) is 21. The Morgan fingerprint density at radius 3 is 0.750 bits per heavy atom. The monoisotopic (exact) mass is 396 g/mol. The summed E-state index contributed by atoms with van der Waals surface area (Å²) in [5.41, 5.74) is 0. The SMILES string of the molecule is CCCCCCCCCCCCCCCCOCCCCCCCCCCC. The first-order valence-electron chi connectivity index (χ1n) is 13.5. The van der Waals surface area contributed by atoms with Crippen molar-refractivity contribution in [2.75, 3.05) is 13.2 Å². The second-order valence-corrected chi connectivity index (χ2v) is 9.04. The Morgan fingerprint density at radius 2 is 0.500 bits per heavy atom. The molecule has 0 aromatic carbocycles. The minimum Gasteiger partial charge on any atom is -0.381 e. The largest absolute Gasteiger partial charge is 0.381 e. The van der Waals surface area contributed by atoms with Crippen molar-refractivity contribution in [3.8, 4) is 0 Å². The Labute approximate surface area is 179 Å². The molecule has 0 amide bonds. The van der Waals surface area contributed by atoms with Crippen LogP contribution in [0.3, 0.4) is 0 Å². The lowest BCUT2D eigenvalue weighted by atomic mass is 10.0. The van der Waals surface area contributed by atoms with E-state index in [1.54, 1.807) is 0 Å². The zero-order chi connectivity index (χ0) is 20.4. The summed E-state index contributed by atoms with van der Waals surface area (Å²) >= 11 is 0. The Hall–Kier alpha value is -0.0400. The van der Waals surface area contributed by atoms with Gasteiger partial charge in [-0.25, -0.2) is 0 Å². The molecule has 0 heterocycles. The van der Waals surface area contributed by atoms with E-state index in [1.165, 1.54) is 148 Å². The standard InChI is InChI=1S/C27H56O/c1-3-5-7-9-11-13-14-15-16-17-19-21-23-25-27-28-26-24-22-20-18-12-10-8-6-4-2/h3-27H2,1-2H3. The molecule has 0 unspecified atom stereocenters. The molecule has 0 N–H and O–H groups in total. The number of hydrogen-bond donors (Lipinski definition) is 0. The minimum atomic E-state index is 0.994. The van der Waals surface area contributed by atoms with Gasteiger partial charge in [0, 0.05) is 13.2 Å². The van der Waals surface area contributed by atoms with Crippen LogP contribution in [0.2, 0.25) is 0 Å². The quantitative estimate of drug-likeness (QED) is 0.139. The number of rotatable bonds is 25. The predicted molar refractivity (Wildman–Crippen MR) is 128 cm³/mol. The van der Waals surface area contributed by atoms with Gasteiger partial charge >= 0.3 is 0 Å². The Bertz CT molecular complexity index is 225. The molecule has 0 spiro atoms. The summed E-state index contributed by atoms with van der Waals surface area (Å²) < 4.78 is 5.80. The number of hydrogen-bond acceptors (Lipinski definition) is 1. The zero-order valence-corrected chi connectivity index (χ0v) is 20.1. The van der Waals surface area contributed by atoms with Gasteiger partial charge in [-0.2, -0.15) is 0 Å².